The molecule has 2 atom stereocenters. The van der Waals surface area contributed by atoms with E-state index in [4.69, 9.17) is 5.73 Å². The second-order valence-corrected chi connectivity index (χ2v) is 14.6. The fourth-order valence-corrected chi connectivity index (χ4v) is 8.87. The van der Waals surface area contributed by atoms with Gasteiger partial charge in [-0.2, -0.15) is 0 Å². The van der Waals surface area contributed by atoms with Gasteiger partial charge in [-0.3, -0.25) is 0 Å². The highest BCUT2D eigenvalue weighted by molar-refractivity contribution is 5.97. The molecule has 1 spiro atoms. The second-order valence-electron chi connectivity index (χ2n) is 14.6. The summed E-state index contributed by atoms with van der Waals surface area (Å²) >= 11 is 0. The predicted octanol–water partition coefficient (Wildman–Crippen LogP) is 11.0. The highest BCUT2D eigenvalue weighted by atomic mass is 14.6. The SMILES string of the molecule is C=C(/C=C\C=C/CC(N)c1ccccc1)c1cccc(C2=CC3=C(CC2)C2(C/C=c4/cccc/c4=C/c4cc5ccccc5cc42)c2ccccc23)c1. The lowest BCUT2D eigenvalue weighted by molar-refractivity contribution is 0.611. The van der Waals surface area contributed by atoms with Gasteiger partial charge in [0.05, 0.1) is 0 Å². The number of hydrogen-bond acceptors (Lipinski definition) is 1. The van der Waals surface area contributed by atoms with Gasteiger partial charge in [0.1, 0.15) is 0 Å². The van der Waals surface area contributed by atoms with Gasteiger partial charge >= 0.3 is 0 Å². The maximum Gasteiger partial charge on any atom is 0.0467 e. The molecule has 2 N–H and O–H groups in total. The Morgan fingerprint density at radius 3 is 2.32 bits per heavy atom. The Labute approximate surface area is 312 Å². The Kier molecular flexibility index (Phi) is 8.58. The zero-order valence-electron chi connectivity index (χ0n) is 30.0. The van der Waals surface area contributed by atoms with Crippen molar-refractivity contribution < 1.29 is 0 Å². The molecule has 0 aliphatic heterocycles. The molecule has 2 unspecified atom stereocenters. The molecule has 256 valence electrons. The second kappa shape index (κ2) is 13.8. The van der Waals surface area contributed by atoms with Crippen LogP contribution in [0.3, 0.4) is 0 Å². The van der Waals surface area contributed by atoms with Crippen LogP contribution in [0.1, 0.15) is 70.7 Å². The summed E-state index contributed by atoms with van der Waals surface area (Å²) in [6.07, 6.45) is 19.5. The number of hydrogen-bond donors (Lipinski definition) is 1. The molecule has 0 heterocycles. The summed E-state index contributed by atoms with van der Waals surface area (Å²) in [6, 6.07) is 50.9. The smallest absolute Gasteiger partial charge is 0.0467 e. The summed E-state index contributed by atoms with van der Waals surface area (Å²) in [5.74, 6) is 0. The van der Waals surface area contributed by atoms with Crippen LogP contribution in [0.25, 0.3) is 39.6 Å². The lowest BCUT2D eigenvalue weighted by Gasteiger charge is -2.37. The molecule has 0 amide bonds. The van der Waals surface area contributed by atoms with Gasteiger partial charge in [-0.25, -0.2) is 0 Å². The quantitative estimate of drug-likeness (QED) is 0.167. The molecule has 0 radical (unpaired) electrons. The van der Waals surface area contributed by atoms with Crippen LogP contribution in [0.2, 0.25) is 0 Å². The van der Waals surface area contributed by atoms with Crippen LogP contribution in [0.5, 0.6) is 0 Å². The predicted molar refractivity (Wildman–Crippen MR) is 225 cm³/mol. The average Bonchev–Trinajstić information content (AvgIpc) is 3.49. The molecule has 0 aromatic heterocycles. The Morgan fingerprint density at radius 1 is 0.698 bits per heavy atom. The molecule has 0 fully saturated rings. The van der Waals surface area contributed by atoms with Crippen LogP contribution >= 0.6 is 0 Å². The van der Waals surface area contributed by atoms with Crippen LogP contribution in [0, 0.1) is 0 Å². The molecule has 6 aromatic rings. The van der Waals surface area contributed by atoms with Crippen molar-refractivity contribution >= 4 is 39.6 Å². The third kappa shape index (κ3) is 5.98. The fraction of sp³-hybridized carbons (Fsp3) is 0.115. The fourth-order valence-electron chi connectivity index (χ4n) is 8.87. The summed E-state index contributed by atoms with van der Waals surface area (Å²) in [5.41, 5.74) is 20.5. The third-order valence-corrected chi connectivity index (χ3v) is 11.6. The normalized spacial score (nSPS) is 19.3. The Morgan fingerprint density at radius 2 is 1.45 bits per heavy atom. The largest absolute Gasteiger partial charge is 0.324 e. The van der Waals surface area contributed by atoms with Gasteiger partial charge in [0.2, 0.25) is 0 Å². The molecule has 3 aliphatic carbocycles. The number of fused-ring (bicyclic) bond motifs is 8. The van der Waals surface area contributed by atoms with Gasteiger partial charge in [0.25, 0.3) is 0 Å². The van der Waals surface area contributed by atoms with Crippen molar-refractivity contribution in [2.45, 2.75) is 37.1 Å². The van der Waals surface area contributed by atoms with E-state index in [2.05, 4.69) is 170 Å². The summed E-state index contributed by atoms with van der Waals surface area (Å²) in [7, 11) is 0. The highest BCUT2D eigenvalue weighted by Gasteiger charge is 2.47. The van der Waals surface area contributed by atoms with Crippen LogP contribution < -0.4 is 16.2 Å². The topological polar surface area (TPSA) is 26.0 Å². The Bertz CT molecular complexity index is 2650. The van der Waals surface area contributed by atoms with Crippen molar-refractivity contribution in [1.82, 2.24) is 0 Å². The van der Waals surface area contributed by atoms with Crippen molar-refractivity contribution in [3.05, 3.63) is 231 Å². The van der Waals surface area contributed by atoms with Crippen LogP contribution in [-0.2, 0) is 5.41 Å². The van der Waals surface area contributed by atoms with E-state index in [-0.39, 0.29) is 11.5 Å². The number of allylic oxidation sites excluding steroid dienone is 8. The summed E-state index contributed by atoms with van der Waals surface area (Å²) < 4.78 is 0. The molecule has 0 bridgehead atoms. The minimum Gasteiger partial charge on any atom is -0.324 e. The van der Waals surface area contributed by atoms with E-state index in [1.807, 2.05) is 18.2 Å². The van der Waals surface area contributed by atoms with E-state index in [9.17, 15) is 0 Å². The molecular formula is C52H43N. The van der Waals surface area contributed by atoms with E-state index in [1.165, 1.54) is 60.2 Å². The third-order valence-electron chi connectivity index (χ3n) is 11.6. The Balaban J connectivity index is 1.08. The first-order valence-electron chi connectivity index (χ1n) is 18.9. The van der Waals surface area contributed by atoms with Crippen LogP contribution in [0.4, 0.5) is 0 Å². The van der Waals surface area contributed by atoms with Gasteiger partial charge in [0, 0.05) is 11.5 Å². The molecule has 53 heavy (non-hydrogen) atoms. The van der Waals surface area contributed by atoms with E-state index in [1.54, 1.807) is 5.57 Å². The molecule has 6 aromatic carbocycles. The van der Waals surface area contributed by atoms with E-state index < -0.39 is 0 Å². The first-order valence-corrected chi connectivity index (χ1v) is 18.9. The molecule has 9 rings (SSSR count). The standard InChI is InChI=1S/C52H43N/c1-36(15-4-2-7-26-51(53)38-17-5-3-6-18-38)39-22-14-23-42(31-39)44-27-28-49-47(34-44)46-24-12-13-25-48(46)52(49)30-29-37-16-8-9-19-40(37)32-45-33-41-20-10-11-21-43(41)35-50(45)52/h2-25,29,31-35,51H,1,26-28,30,53H2/b7-2-,15-4-,37-29-,40-32-. The first kappa shape index (κ1) is 32.9. The van der Waals surface area contributed by atoms with Gasteiger partial charge < -0.3 is 5.73 Å². The molecule has 3 aliphatic rings. The van der Waals surface area contributed by atoms with E-state index in [0.29, 0.717) is 0 Å². The molecule has 0 saturated carbocycles. The van der Waals surface area contributed by atoms with Gasteiger partial charge in [0.15, 0.2) is 0 Å². The summed E-state index contributed by atoms with van der Waals surface area (Å²) in [4.78, 5) is 0. The van der Waals surface area contributed by atoms with Crippen molar-refractivity contribution in [3.8, 4) is 0 Å². The number of rotatable bonds is 7. The first-order chi connectivity index (χ1) is 26.1. The zero-order chi connectivity index (χ0) is 35.8. The minimum absolute atomic E-state index is 0.00304. The maximum atomic E-state index is 6.38. The summed E-state index contributed by atoms with van der Waals surface area (Å²) in [5, 5.41) is 5.17. The monoisotopic (exact) mass is 681 g/mol. The minimum atomic E-state index is -0.239. The maximum absolute atomic E-state index is 6.38. The number of nitrogens with two attached hydrogens (primary N) is 1. The van der Waals surface area contributed by atoms with Crippen molar-refractivity contribution in [2.75, 3.05) is 0 Å². The van der Waals surface area contributed by atoms with E-state index >= 15 is 0 Å². The lowest BCUT2D eigenvalue weighted by atomic mass is 9.65. The highest BCUT2D eigenvalue weighted by Crippen LogP contribution is 2.58. The average molecular weight is 682 g/mol. The van der Waals surface area contributed by atoms with Crippen LogP contribution in [0.15, 0.2) is 182 Å². The van der Waals surface area contributed by atoms with Gasteiger partial charge in [-0.15, -0.1) is 0 Å². The lowest BCUT2D eigenvalue weighted by Crippen LogP contribution is -2.34. The van der Waals surface area contributed by atoms with Gasteiger partial charge in [-0.1, -0.05) is 164 Å². The molecular weight excluding hydrogens is 639 g/mol. The van der Waals surface area contributed by atoms with Crippen LogP contribution in [-0.4, -0.2) is 0 Å². The number of benzene rings is 6. The Hall–Kier alpha value is -6.02. The van der Waals surface area contributed by atoms with Crippen molar-refractivity contribution in [2.24, 2.45) is 5.73 Å². The summed E-state index contributed by atoms with van der Waals surface area (Å²) in [6.45, 7) is 4.43. The molecule has 1 heteroatoms. The molecule has 0 saturated heterocycles. The van der Waals surface area contributed by atoms with E-state index in [0.717, 1.165) is 42.4 Å². The molecule has 1 nitrogen and oxygen atoms in total. The van der Waals surface area contributed by atoms with Crippen molar-refractivity contribution in [3.63, 3.8) is 0 Å². The van der Waals surface area contributed by atoms with Gasteiger partial charge in [-0.05, 0) is 132 Å². The van der Waals surface area contributed by atoms with Crippen molar-refractivity contribution in [1.29, 1.82) is 0 Å². The zero-order valence-corrected chi connectivity index (χ0v) is 30.0.